The SMILES string of the molecule is CCN1CCN(C(=NCC2CCS(=O)(=O)C2)NC2CCCCC2C)CC1=O. The number of aliphatic imine (C=N–C) groups is 1. The number of carbonyl (C=O) groups is 1. The van der Waals surface area contributed by atoms with Crippen LogP contribution in [0.15, 0.2) is 4.99 Å². The Kier molecular flexibility index (Phi) is 6.65. The molecule has 2 heterocycles. The fourth-order valence-corrected chi connectivity index (χ4v) is 6.24. The van der Waals surface area contributed by atoms with Crippen molar-refractivity contribution in [2.24, 2.45) is 16.8 Å². The van der Waals surface area contributed by atoms with Gasteiger partial charge in [0.25, 0.3) is 0 Å². The molecule has 2 aliphatic heterocycles. The second-order valence-corrected chi connectivity index (χ2v) is 10.6. The van der Waals surface area contributed by atoms with E-state index in [0.29, 0.717) is 38.0 Å². The molecule has 3 unspecified atom stereocenters. The van der Waals surface area contributed by atoms with Crippen LogP contribution in [0.3, 0.4) is 0 Å². The van der Waals surface area contributed by atoms with Crippen LogP contribution in [0.25, 0.3) is 0 Å². The van der Waals surface area contributed by atoms with Crippen LogP contribution in [0, 0.1) is 11.8 Å². The standard InChI is InChI=1S/C19H34N4O3S/c1-3-22-9-10-23(13-18(22)24)19(21-17-7-5-4-6-15(17)2)20-12-16-8-11-27(25,26)14-16/h15-17H,3-14H2,1-2H3,(H,20,21). The zero-order chi connectivity index (χ0) is 19.4. The van der Waals surface area contributed by atoms with Gasteiger partial charge in [0, 0.05) is 32.2 Å². The molecule has 27 heavy (non-hydrogen) atoms. The number of piperazine rings is 1. The van der Waals surface area contributed by atoms with Gasteiger partial charge in [0.15, 0.2) is 15.8 Å². The van der Waals surface area contributed by atoms with Crippen molar-refractivity contribution < 1.29 is 13.2 Å². The number of hydrogen-bond acceptors (Lipinski definition) is 4. The molecule has 0 spiro atoms. The second kappa shape index (κ2) is 8.80. The van der Waals surface area contributed by atoms with Crippen LogP contribution in [0.2, 0.25) is 0 Å². The summed E-state index contributed by atoms with van der Waals surface area (Å²) in [7, 11) is -2.89. The van der Waals surface area contributed by atoms with Crippen molar-refractivity contribution in [2.45, 2.75) is 52.0 Å². The van der Waals surface area contributed by atoms with Crippen LogP contribution in [-0.2, 0) is 14.6 Å². The summed E-state index contributed by atoms with van der Waals surface area (Å²) in [5.74, 6) is 2.14. The van der Waals surface area contributed by atoms with Gasteiger partial charge in [0.1, 0.15) is 0 Å². The lowest BCUT2D eigenvalue weighted by atomic mass is 9.86. The lowest BCUT2D eigenvalue weighted by molar-refractivity contribution is -0.134. The third-order valence-corrected chi connectivity index (χ3v) is 8.09. The Morgan fingerprint density at radius 1 is 1.22 bits per heavy atom. The first-order valence-electron chi connectivity index (χ1n) is 10.4. The van der Waals surface area contributed by atoms with E-state index in [9.17, 15) is 13.2 Å². The zero-order valence-corrected chi connectivity index (χ0v) is 17.5. The van der Waals surface area contributed by atoms with Crippen LogP contribution >= 0.6 is 0 Å². The van der Waals surface area contributed by atoms with Crippen LogP contribution < -0.4 is 5.32 Å². The Morgan fingerprint density at radius 3 is 2.63 bits per heavy atom. The smallest absolute Gasteiger partial charge is 0.242 e. The molecule has 1 amide bonds. The molecule has 2 saturated heterocycles. The molecule has 0 aromatic heterocycles. The van der Waals surface area contributed by atoms with Gasteiger partial charge in [0.2, 0.25) is 5.91 Å². The van der Waals surface area contributed by atoms with E-state index in [4.69, 9.17) is 4.99 Å². The van der Waals surface area contributed by atoms with E-state index >= 15 is 0 Å². The van der Waals surface area contributed by atoms with Gasteiger partial charge in [-0.05, 0) is 38.0 Å². The van der Waals surface area contributed by atoms with Crippen molar-refractivity contribution in [3.63, 3.8) is 0 Å². The van der Waals surface area contributed by atoms with E-state index in [-0.39, 0.29) is 23.3 Å². The summed E-state index contributed by atoms with van der Waals surface area (Å²) >= 11 is 0. The molecular formula is C19H34N4O3S. The average molecular weight is 399 g/mol. The Balaban J connectivity index is 1.70. The quantitative estimate of drug-likeness (QED) is 0.567. The molecular weight excluding hydrogens is 364 g/mol. The van der Waals surface area contributed by atoms with E-state index in [1.165, 1.54) is 19.3 Å². The molecule has 8 heteroatoms. The first-order valence-corrected chi connectivity index (χ1v) is 12.2. The molecule has 0 radical (unpaired) electrons. The number of amides is 1. The van der Waals surface area contributed by atoms with Crippen molar-refractivity contribution in [3.8, 4) is 0 Å². The normalized spacial score (nSPS) is 32.0. The summed E-state index contributed by atoms with van der Waals surface area (Å²) in [6.45, 7) is 7.38. The lowest BCUT2D eigenvalue weighted by Crippen LogP contribution is -2.57. The predicted molar refractivity (Wildman–Crippen MR) is 107 cm³/mol. The molecule has 3 rings (SSSR count). The van der Waals surface area contributed by atoms with Crippen molar-refractivity contribution in [2.75, 3.05) is 44.2 Å². The average Bonchev–Trinajstić information content (AvgIpc) is 2.99. The van der Waals surface area contributed by atoms with Gasteiger partial charge in [-0.25, -0.2) is 8.42 Å². The lowest BCUT2D eigenvalue weighted by Gasteiger charge is -2.38. The fraction of sp³-hybridized carbons (Fsp3) is 0.895. The highest BCUT2D eigenvalue weighted by molar-refractivity contribution is 7.91. The highest BCUT2D eigenvalue weighted by Crippen LogP contribution is 2.24. The summed E-state index contributed by atoms with van der Waals surface area (Å²) < 4.78 is 23.5. The van der Waals surface area contributed by atoms with Gasteiger partial charge in [-0.2, -0.15) is 0 Å². The van der Waals surface area contributed by atoms with Gasteiger partial charge in [-0.15, -0.1) is 0 Å². The van der Waals surface area contributed by atoms with Crippen molar-refractivity contribution in [1.82, 2.24) is 15.1 Å². The number of rotatable bonds is 4. The minimum absolute atomic E-state index is 0.100. The zero-order valence-electron chi connectivity index (χ0n) is 16.7. The first-order chi connectivity index (χ1) is 12.9. The van der Waals surface area contributed by atoms with Gasteiger partial charge in [0.05, 0.1) is 18.1 Å². The molecule has 3 fully saturated rings. The minimum Gasteiger partial charge on any atom is -0.353 e. The third kappa shape index (κ3) is 5.36. The molecule has 0 aromatic rings. The molecule has 7 nitrogen and oxygen atoms in total. The Hall–Kier alpha value is -1.31. The summed E-state index contributed by atoms with van der Waals surface area (Å²) in [5.41, 5.74) is 0. The number of guanidine groups is 1. The molecule has 154 valence electrons. The highest BCUT2D eigenvalue weighted by Gasteiger charge is 2.30. The van der Waals surface area contributed by atoms with Crippen LogP contribution in [0.5, 0.6) is 0 Å². The second-order valence-electron chi connectivity index (χ2n) is 8.34. The maximum absolute atomic E-state index is 12.4. The number of likely N-dealkylation sites (N-methyl/N-ethyl adjacent to an activating group) is 1. The van der Waals surface area contributed by atoms with E-state index in [1.54, 1.807) is 0 Å². The summed E-state index contributed by atoms with van der Waals surface area (Å²) in [6, 6.07) is 0.379. The minimum atomic E-state index is -2.89. The molecule has 3 aliphatic rings. The van der Waals surface area contributed by atoms with Crippen molar-refractivity contribution in [1.29, 1.82) is 0 Å². The summed E-state index contributed by atoms with van der Waals surface area (Å²) in [5, 5.41) is 3.63. The largest absolute Gasteiger partial charge is 0.353 e. The highest BCUT2D eigenvalue weighted by atomic mass is 32.2. The maximum atomic E-state index is 12.4. The molecule has 0 aromatic carbocycles. The number of sulfone groups is 1. The molecule has 1 aliphatic carbocycles. The molecule has 0 bridgehead atoms. The van der Waals surface area contributed by atoms with Gasteiger partial charge < -0.3 is 15.1 Å². The number of carbonyl (C=O) groups excluding carboxylic acids is 1. The van der Waals surface area contributed by atoms with E-state index < -0.39 is 9.84 Å². The molecule has 1 saturated carbocycles. The van der Waals surface area contributed by atoms with E-state index in [0.717, 1.165) is 25.5 Å². The van der Waals surface area contributed by atoms with E-state index in [2.05, 4.69) is 17.1 Å². The third-order valence-electron chi connectivity index (χ3n) is 6.25. The molecule has 3 atom stereocenters. The topological polar surface area (TPSA) is 82.1 Å². The molecule has 1 N–H and O–H groups in total. The van der Waals surface area contributed by atoms with Crippen LogP contribution in [-0.4, -0.2) is 80.4 Å². The Bertz CT molecular complexity index is 664. The first kappa shape index (κ1) is 20.4. The van der Waals surface area contributed by atoms with Crippen LogP contribution in [0.4, 0.5) is 0 Å². The summed E-state index contributed by atoms with van der Waals surface area (Å²) in [6.07, 6.45) is 5.54. The number of hydrogen-bond donors (Lipinski definition) is 1. The van der Waals surface area contributed by atoms with E-state index in [1.807, 2.05) is 11.8 Å². The van der Waals surface area contributed by atoms with Crippen molar-refractivity contribution in [3.05, 3.63) is 0 Å². The van der Waals surface area contributed by atoms with Crippen molar-refractivity contribution >= 4 is 21.7 Å². The monoisotopic (exact) mass is 398 g/mol. The fourth-order valence-electron chi connectivity index (χ4n) is 4.39. The Labute approximate surface area is 163 Å². The predicted octanol–water partition coefficient (Wildman–Crippen LogP) is 1.11. The van der Waals surface area contributed by atoms with Gasteiger partial charge in [-0.3, -0.25) is 9.79 Å². The summed E-state index contributed by atoms with van der Waals surface area (Å²) in [4.78, 5) is 21.1. The van der Waals surface area contributed by atoms with Gasteiger partial charge in [-0.1, -0.05) is 19.8 Å². The Morgan fingerprint density at radius 2 is 2.00 bits per heavy atom. The number of nitrogens with one attached hydrogen (secondary N) is 1. The maximum Gasteiger partial charge on any atom is 0.242 e. The number of nitrogens with zero attached hydrogens (tertiary/aromatic N) is 3. The van der Waals surface area contributed by atoms with Crippen LogP contribution in [0.1, 0.15) is 46.0 Å². The van der Waals surface area contributed by atoms with Gasteiger partial charge >= 0.3 is 0 Å².